The quantitative estimate of drug-likeness (QED) is 0.896. The standard InChI is InChI=1S/C10H13BrN2O2S/c11-9-3-1-2-4-10(9)13-6-5-8(7-12)16(13,14)15/h1-4,8H,5-7,12H2/t8-/m0/s1. The number of rotatable bonds is 2. The normalized spacial score (nSPS) is 23.6. The van der Waals surface area contributed by atoms with Gasteiger partial charge in [-0.1, -0.05) is 12.1 Å². The molecule has 6 heteroatoms. The number of halogens is 1. The molecule has 1 aromatic carbocycles. The maximum Gasteiger partial charge on any atom is 0.239 e. The lowest BCUT2D eigenvalue weighted by Gasteiger charge is -2.19. The van der Waals surface area contributed by atoms with Crippen LogP contribution < -0.4 is 10.0 Å². The highest BCUT2D eigenvalue weighted by Gasteiger charge is 2.38. The average molecular weight is 305 g/mol. The van der Waals surface area contributed by atoms with Crippen molar-refractivity contribution in [2.75, 3.05) is 17.4 Å². The Labute approximate surface area is 104 Å². The van der Waals surface area contributed by atoms with Gasteiger partial charge in [-0.05, 0) is 34.5 Å². The fraction of sp³-hybridized carbons (Fsp3) is 0.400. The third-order valence-electron chi connectivity index (χ3n) is 2.77. The predicted octanol–water partition coefficient (Wildman–Crippen LogP) is 1.32. The number of benzene rings is 1. The van der Waals surface area contributed by atoms with Crippen LogP contribution in [0.5, 0.6) is 0 Å². The van der Waals surface area contributed by atoms with Gasteiger partial charge in [0.2, 0.25) is 10.0 Å². The van der Waals surface area contributed by atoms with E-state index in [4.69, 9.17) is 5.73 Å². The zero-order valence-corrected chi connectivity index (χ0v) is 11.0. The molecule has 88 valence electrons. The van der Waals surface area contributed by atoms with Crippen LogP contribution in [0.4, 0.5) is 5.69 Å². The molecule has 1 fully saturated rings. The molecule has 0 bridgehead atoms. The van der Waals surface area contributed by atoms with Gasteiger partial charge in [0.1, 0.15) is 0 Å². The molecule has 1 aliphatic heterocycles. The molecule has 4 nitrogen and oxygen atoms in total. The van der Waals surface area contributed by atoms with Gasteiger partial charge in [-0.2, -0.15) is 0 Å². The van der Waals surface area contributed by atoms with E-state index in [1.165, 1.54) is 4.31 Å². The van der Waals surface area contributed by atoms with Crippen LogP contribution in [0.3, 0.4) is 0 Å². The van der Waals surface area contributed by atoms with Crippen LogP contribution >= 0.6 is 15.9 Å². The van der Waals surface area contributed by atoms with E-state index in [-0.39, 0.29) is 6.54 Å². The van der Waals surface area contributed by atoms with Crippen LogP contribution in [0.1, 0.15) is 6.42 Å². The van der Waals surface area contributed by atoms with Crippen LogP contribution in [0, 0.1) is 0 Å². The molecule has 1 aromatic rings. The highest BCUT2D eigenvalue weighted by molar-refractivity contribution is 9.10. The number of hydrogen-bond acceptors (Lipinski definition) is 3. The van der Waals surface area contributed by atoms with Crippen molar-refractivity contribution in [2.45, 2.75) is 11.7 Å². The smallest absolute Gasteiger partial charge is 0.239 e. The Kier molecular flexibility index (Phi) is 3.23. The molecule has 0 amide bonds. The van der Waals surface area contributed by atoms with Crippen molar-refractivity contribution in [3.8, 4) is 0 Å². The van der Waals surface area contributed by atoms with Crippen molar-refractivity contribution in [1.82, 2.24) is 0 Å². The topological polar surface area (TPSA) is 63.4 Å². The summed E-state index contributed by atoms with van der Waals surface area (Å²) in [4.78, 5) is 0. The summed E-state index contributed by atoms with van der Waals surface area (Å²) in [5.41, 5.74) is 6.16. The van der Waals surface area contributed by atoms with E-state index >= 15 is 0 Å². The molecule has 2 N–H and O–H groups in total. The lowest BCUT2D eigenvalue weighted by Crippen LogP contribution is -2.33. The van der Waals surface area contributed by atoms with Crippen molar-refractivity contribution in [3.63, 3.8) is 0 Å². The first-order valence-corrected chi connectivity index (χ1v) is 7.33. The average Bonchev–Trinajstić information content (AvgIpc) is 2.54. The fourth-order valence-electron chi connectivity index (χ4n) is 1.87. The Hall–Kier alpha value is -0.590. The van der Waals surface area contributed by atoms with Crippen LogP contribution in [0.15, 0.2) is 28.7 Å². The first kappa shape index (κ1) is 11.9. The lowest BCUT2D eigenvalue weighted by molar-refractivity contribution is 0.588. The number of sulfonamides is 1. The Morgan fingerprint density at radius 1 is 1.44 bits per heavy atom. The lowest BCUT2D eigenvalue weighted by atomic mass is 10.3. The summed E-state index contributed by atoms with van der Waals surface area (Å²) in [6.07, 6.45) is 0.597. The van der Waals surface area contributed by atoms with Gasteiger partial charge in [-0.25, -0.2) is 8.42 Å². The van der Waals surface area contributed by atoms with E-state index in [1.807, 2.05) is 18.2 Å². The van der Waals surface area contributed by atoms with Gasteiger partial charge in [0.25, 0.3) is 0 Å². The zero-order chi connectivity index (χ0) is 11.8. The van der Waals surface area contributed by atoms with Crippen LogP contribution in [-0.4, -0.2) is 26.8 Å². The SMILES string of the molecule is NC[C@@H]1CCN(c2ccccc2Br)S1(=O)=O. The van der Waals surface area contributed by atoms with E-state index in [1.54, 1.807) is 6.07 Å². The summed E-state index contributed by atoms with van der Waals surface area (Å²) < 4.78 is 26.4. The monoisotopic (exact) mass is 304 g/mol. The molecule has 0 saturated carbocycles. The minimum atomic E-state index is -3.28. The van der Waals surface area contributed by atoms with Crippen molar-refractivity contribution < 1.29 is 8.42 Å². The largest absolute Gasteiger partial charge is 0.329 e. The fourth-order valence-corrected chi connectivity index (χ4v) is 4.28. The Balaban J connectivity index is 2.42. The molecule has 0 unspecified atom stereocenters. The van der Waals surface area contributed by atoms with Gasteiger partial charge >= 0.3 is 0 Å². The van der Waals surface area contributed by atoms with E-state index in [0.717, 1.165) is 4.47 Å². The number of nitrogens with zero attached hydrogens (tertiary/aromatic N) is 1. The van der Waals surface area contributed by atoms with Gasteiger partial charge in [0.05, 0.1) is 10.9 Å². The number of anilines is 1. The number of para-hydroxylation sites is 1. The third-order valence-corrected chi connectivity index (χ3v) is 5.70. The maximum absolute atomic E-state index is 12.1. The molecular formula is C10H13BrN2O2S. The predicted molar refractivity (Wildman–Crippen MR) is 67.9 cm³/mol. The van der Waals surface area contributed by atoms with E-state index in [9.17, 15) is 8.42 Å². The molecule has 0 radical (unpaired) electrons. The van der Waals surface area contributed by atoms with Crippen molar-refractivity contribution in [3.05, 3.63) is 28.7 Å². The second kappa shape index (κ2) is 4.35. The van der Waals surface area contributed by atoms with Crippen LogP contribution in [0.2, 0.25) is 0 Å². The van der Waals surface area contributed by atoms with Crippen molar-refractivity contribution >= 4 is 31.6 Å². The molecule has 1 heterocycles. The summed E-state index contributed by atoms with van der Waals surface area (Å²) in [7, 11) is -3.28. The molecule has 0 spiro atoms. The molecule has 0 aliphatic carbocycles. The molecule has 16 heavy (non-hydrogen) atoms. The molecule has 1 atom stereocenters. The summed E-state index contributed by atoms with van der Waals surface area (Å²) in [5.74, 6) is 0. The first-order chi connectivity index (χ1) is 7.57. The molecule has 1 aliphatic rings. The minimum Gasteiger partial charge on any atom is -0.329 e. The van der Waals surface area contributed by atoms with E-state index in [2.05, 4.69) is 15.9 Å². The second-order valence-corrected chi connectivity index (χ2v) is 6.71. The second-order valence-electron chi connectivity index (χ2n) is 3.71. The summed E-state index contributed by atoms with van der Waals surface area (Å²) in [6.45, 7) is 0.691. The molecule has 0 aromatic heterocycles. The Bertz CT molecular complexity index is 489. The van der Waals surface area contributed by atoms with E-state index < -0.39 is 15.3 Å². The molecule has 2 rings (SSSR count). The minimum absolute atomic E-state index is 0.184. The van der Waals surface area contributed by atoms with Gasteiger partial charge in [-0.3, -0.25) is 4.31 Å². The van der Waals surface area contributed by atoms with Crippen molar-refractivity contribution in [2.24, 2.45) is 5.73 Å². The zero-order valence-electron chi connectivity index (χ0n) is 8.64. The van der Waals surface area contributed by atoms with Gasteiger partial charge in [0, 0.05) is 17.6 Å². The van der Waals surface area contributed by atoms with Crippen LogP contribution in [0.25, 0.3) is 0 Å². The summed E-state index contributed by atoms with van der Waals surface area (Å²) in [6, 6.07) is 7.31. The van der Waals surface area contributed by atoms with Gasteiger partial charge in [0.15, 0.2) is 0 Å². The summed E-state index contributed by atoms with van der Waals surface area (Å²) >= 11 is 3.36. The summed E-state index contributed by atoms with van der Waals surface area (Å²) in [5, 5.41) is -0.445. The number of hydrogen-bond donors (Lipinski definition) is 1. The highest BCUT2D eigenvalue weighted by atomic mass is 79.9. The first-order valence-electron chi connectivity index (χ1n) is 5.03. The molecular weight excluding hydrogens is 292 g/mol. The van der Waals surface area contributed by atoms with E-state index in [0.29, 0.717) is 18.7 Å². The Morgan fingerprint density at radius 3 is 2.69 bits per heavy atom. The van der Waals surface area contributed by atoms with Crippen molar-refractivity contribution in [1.29, 1.82) is 0 Å². The maximum atomic E-state index is 12.1. The van der Waals surface area contributed by atoms with Crippen LogP contribution in [-0.2, 0) is 10.0 Å². The highest BCUT2D eigenvalue weighted by Crippen LogP contribution is 2.33. The third kappa shape index (κ3) is 1.85. The Morgan fingerprint density at radius 2 is 2.12 bits per heavy atom. The van der Waals surface area contributed by atoms with Gasteiger partial charge < -0.3 is 5.73 Å². The molecule has 1 saturated heterocycles. The van der Waals surface area contributed by atoms with Gasteiger partial charge in [-0.15, -0.1) is 0 Å². The number of nitrogens with two attached hydrogens (primary N) is 1.